The quantitative estimate of drug-likeness (QED) is 0.0345. The zero-order chi connectivity index (χ0) is 112. The summed E-state index contributed by atoms with van der Waals surface area (Å²) in [7, 11) is -11.6. The zero-order valence-corrected chi connectivity index (χ0v) is 85.8. The van der Waals surface area contributed by atoms with Gasteiger partial charge in [0.05, 0.1) is 0 Å². The molecule has 4 nitrogen and oxygen atoms in total. The van der Waals surface area contributed by atoms with E-state index in [4.69, 9.17) is 17.1 Å². The van der Waals surface area contributed by atoms with Crippen LogP contribution in [0.2, 0.25) is 37.8 Å². The third-order valence-electron chi connectivity index (χ3n) is 27.1. The third kappa shape index (κ3) is 38.2. The Balaban J connectivity index is 8.75. The summed E-state index contributed by atoms with van der Waals surface area (Å²) in [6.45, 7) is 9.72. The molecule has 0 radical (unpaired) electrons. The molecule has 0 rings (SSSR count). The Kier molecular flexibility index (Phi) is 58.2. The molecule has 0 saturated heterocycles. The third-order valence-corrected chi connectivity index (χ3v) is 39.4. The molecule has 5 atom stereocenters. The van der Waals surface area contributed by atoms with E-state index in [0.29, 0.717) is 57.8 Å². The van der Waals surface area contributed by atoms with Crippen molar-refractivity contribution in [1.82, 2.24) is 0 Å². The summed E-state index contributed by atoms with van der Waals surface area (Å²) in [5.74, 6) is -149. The van der Waals surface area contributed by atoms with Gasteiger partial charge >= 0.3 is 151 Å². The van der Waals surface area contributed by atoms with Crippen molar-refractivity contribution in [2.45, 2.75) is 550 Å². The predicted molar refractivity (Wildman–Crippen MR) is 463 cm³/mol. The molecule has 0 amide bonds. The lowest BCUT2D eigenvalue weighted by Gasteiger charge is -2.42. The van der Waals surface area contributed by atoms with Crippen LogP contribution < -0.4 is 0 Å². The van der Waals surface area contributed by atoms with Crippen molar-refractivity contribution in [3.63, 3.8) is 0 Å². The fourth-order valence-electron chi connectivity index (χ4n) is 17.3. The zero-order valence-electron chi connectivity index (χ0n) is 82.8. The standard InChI is InChI=1S/C92H147F45O4Si3/c1-9-12-15-18-21-24-27-30-33-36-39-42-45-48-54-69(57-51-63-72(93,94)75(99,100)78(105,106)81(111,112)84(117,118)87(123,124)90(129,130)131)60-66-142(6,138-4)140-144(8,68-62-71(56-50-47-44-41-38-35-32-29-26-23-20-17-14-11-3)59-53-65-74(97,98)77(103,104)80(109,110)83(115,116)86(121,122)89(127,128)92(135,136)137)141-143(7,139-5)67-61-70(55-49-46-43-40-37-34-31-28-25-22-19-16-13-10-2)58-52-64-73(95,96)76(101,102)79(107,108)82(113,114)85(119,120)88(125,126)91(132,133)134/h69-71H,9-68H2,1-8H3. The van der Waals surface area contributed by atoms with Gasteiger partial charge in [0.25, 0.3) is 0 Å². The van der Waals surface area contributed by atoms with Gasteiger partial charge in [-0.1, -0.05) is 329 Å². The van der Waals surface area contributed by atoms with Crippen LogP contribution in [0.1, 0.15) is 387 Å². The van der Waals surface area contributed by atoms with Gasteiger partial charge in [0.2, 0.25) is 0 Å². The van der Waals surface area contributed by atoms with E-state index >= 15 is 61.5 Å². The molecule has 866 valence electrons. The molecule has 52 heteroatoms. The first-order chi connectivity index (χ1) is 65.5. The Hall–Kier alpha value is -2.66. The van der Waals surface area contributed by atoms with Gasteiger partial charge in [0, 0.05) is 33.5 Å². The van der Waals surface area contributed by atoms with Crippen LogP contribution in [0.4, 0.5) is 198 Å². The van der Waals surface area contributed by atoms with Gasteiger partial charge in [0.1, 0.15) is 0 Å². The van der Waals surface area contributed by atoms with Crippen LogP contribution in [0.5, 0.6) is 0 Å². The average molecular weight is 2260 g/mol. The van der Waals surface area contributed by atoms with Crippen molar-refractivity contribution < 1.29 is 215 Å². The van der Waals surface area contributed by atoms with Crippen LogP contribution in [0, 0.1) is 17.8 Å². The van der Waals surface area contributed by atoms with Crippen molar-refractivity contribution in [2.75, 3.05) is 14.2 Å². The van der Waals surface area contributed by atoms with E-state index in [2.05, 4.69) is 0 Å². The van der Waals surface area contributed by atoms with Gasteiger partial charge in [-0.3, -0.25) is 0 Å². The highest BCUT2D eigenvalue weighted by Crippen LogP contribution is 2.67. The molecule has 0 aromatic heterocycles. The minimum atomic E-state index is -8.65. The topological polar surface area (TPSA) is 36.9 Å². The second kappa shape index (κ2) is 59.3. The molecule has 0 aliphatic heterocycles. The summed E-state index contributed by atoms with van der Waals surface area (Å²) in [6, 6.07) is -1.66. The fraction of sp³-hybridized carbons (Fsp3) is 1.00. The summed E-state index contributed by atoms with van der Waals surface area (Å²) in [4.78, 5) is 0. The fourth-order valence-corrected chi connectivity index (χ4v) is 30.7. The van der Waals surface area contributed by atoms with Gasteiger partial charge in [-0.15, -0.1) is 0 Å². The van der Waals surface area contributed by atoms with Crippen molar-refractivity contribution in [2.24, 2.45) is 17.8 Å². The minimum Gasteiger partial charge on any atom is -0.415 e. The van der Waals surface area contributed by atoms with Crippen LogP contribution in [0.3, 0.4) is 0 Å². The van der Waals surface area contributed by atoms with E-state index in [-0.39, 0.29) is 57.8 Å². The Morgan fingerprint density at radius 2 is 0.292 bits per heavy atom. The number of hydrogen-bond acceptors (Lipinski definition) is 4. The number of halogens is 45. The van der Waals surface area contributed by atoms with E-state index in [1.807, 2.05) is 20.8 Å². The first-order valence-electron chi connectivity index (χ1n) is 50.0. The molecule has 0 fully saturated rings. The monoisotopic (exact) mass is 2250 g/mol. The van der Waals surface area contributed by atoms with Crippen LogP contribution in [-0.4, -0.2) is 165 Å². The summed E-state index contributed by atoms with van der Waals surface area (Å²) in [5.41, 5.74) is 0. The van der Waals surface area contributed by atoms with E-state index in [1.54, 1.807) is 0 Å². The normalized spacial score (nSPS) is 16.6. The van der Waals surface area contributed by atoms with Crippen LogP contribution >= 0.6 is 0 Å². The lowest BCUT2D eigenvalue weighted by atomic mass is 9.87. The van der Waals surface area contributed by atoms with Crippen LogP contribution in [-0.2, 0) is 17.1 Å². The maximum atomic E-state index is 15.7. The second-order valence-electron chi connectivity index (χ2n) is 39.3. The van der Waals surface area contributed by atoms with Crippen molar-refractivity contribution in [3.05, 3.63) is 0 Å². The van der Waals surface area contributed by atoms with Crippen LogP contribution in [0.15, 0.2) is 0 Å². The van der Waals surface area contributed by atoms with Gasteiger partial charge < -0.3 is 17.1 Å². The van der Waals surface area contributed by atoms with Gasteiger partial charge in [-0.05, 0) is 94.1 Å². The summed E-state index contributed by atoms with van der Waals surface area (Å²) in [5, 5.41) is 0. The maximum absolute atomic E-state index is 15.7. The van der Waals surface area contributed by atoms with Crippen LogP contribution in [0.25, 0.3) is 0 Å². The SMILES string of the molecule is CCCCCCCCCCCCCCCCC(CCCC(F)(F)C(F)(F)C(F)(F)C(F)(F)C(F)(F)C(F)(F)C(F)(F)F)CC[Si](C)(OC)O[Si](C)(CCC(CCCCCCCCCCCCCCCC)CCCC(F)(F)C(F)(F)C(F)(F)C(F)(F)C(F)(F)C(F)(F)C(F)(F)F)O[Si](C)(CCC(CCCCCCCCCCCCCCCC)CCCC(F)(F)C(F)(F)C(F)(F)C(F)(F)C(F)(F)C(F)(F)C(F)(F)F)OC. The Labute approximate surface area is 819 Å². The molecule has 0 saturated carbocycles. The van der Waals surface area contributed by atoms with Gasteiger partial charge in [-0.25, -0.2) is 0 Å². The van der Waals surface area contributed by atoms with E-state index in [1.165, 1.54) is 19.6 Å². The Morgan fingerprint density at radius 3 is 0.444 bits per heavy atom. The van der Waals surface area contributed by atoms with E-state index in [0.717, 1.165) is 188 Å². The summed E-state index contributed by atoms with van der Waals surface area (Å²) in [6.07, 6.45) is -10.0. The lowest BCUT2D eigenvalue weighted by molar-refractivity contribution is -0.452. The number of alkyl halides is 45. The van der Waals surface area contributed by atoms with Crippen molar-refractivity contribution in [1.29, 1.82) is 0 Å². The van der Waals surface area contributed by atoms with E-state index < -0.39 is 264 Å². The molecule has 0 heterocycles. The largest absolute Gasteiger partial charge is 0.460 e. The summed E-state index contributed by atoms with van der Waals surface area (Å²) < 4.78 is 675. The number of hydrogen-bond donors (Lipinski definition) is 0. The molecular weight excluding hydrogens is 2110 g/mol. The molecule has 0 aliphatic carbocycles. The molecule has 5 unspecified atom stereocenters. The molecule has 0 aromatic carbocycles. The average Bonchev–Trinajstić information content (AvgIpc) is 0.709. The van der Waals surface area contributed by atoms with E-state index in [9.17, 15) is 136 Å². The number of rotatable bonds is 87. The molecule has 0 N–H and O–H groups in total. The maximum Gasteiger partial charge on any atom is 0.460 e. The van der Waals surface area contributed by atoms with Gasteiger partial charge in [-0.2, -0.15) is 198 Å². The number of unbranched alkanes of at least 4 members (excludes halogenated alkanes) is 39. The predicted octanol–water partition coefficient (Wildman–Crippen LogP) is 40.8. The first-order valence-corrected chi connectivity index (χ1v) is 57.5. The first kappa shape index (κ1) is 141. The Bertz CT molecular complexity index is 3290. The highest BCUT2D eigenvalue weighted by molar-refractivity contribution is 6.85. The second-order valence-corrected chi connectivity index (χ2v) is 50.0. The van der Waals surface area contributed by atoms with Gasteiger partial charge in [0.15, 0.2) is 0 Å². The molecule has 0 bridgehead atoms. The molecule has 144 heavy (non-hydrogen) atoms. The molecule has 0 aliphatic rings. The highest BCUT2D eigenvalue weighted by atomic mass is 28.5. The highest BCUT2D eigenvalue weighted by Gasteiger charge is 2.96. The summed E-state index contributed by atoms with van der Waals surface area (Å²) >= 11 is 0. The minimum absolute atomic E-state index is 0.0167. The smallest absolute Gasteiger partial charge is 0.415 e. The molecular formula is C92H147F45O4Si3. The lowest BCUT2D eigenvalue weighted by Crippen LogP contribution is -2.72. The molecule has 0 spiro atoms. The van der Waals surface area contributed by atoms with Crippen molar-refractivity contribution >= 4 is 25.7 Å². The van der Waals surface area contributed by atoms with Crippen molar-refractivity contribution in [3.8, 4) is 0 Å². The Morgan fingerprint density at radius 1 is 0.160 bits per heavy atom. The molecule has 0 aromatic rings.